The minimum atomic E-state index is 0.0503. The van der Waals surface area contributed by atoms with Crippen LogP contribution in [-0.2, 0) is 4.74 Å². The summed E-state index contributed by atoms with van der Waals surface area (Å²) >= 11 is 0. The van der Waals surface area contributed by atoms with E-state index < -0.39 is 0 Å². The van der Waals surface area contributed by atoms with Gasteiger partial charge in [-0.1, -0.05) is 0 Å². The average molecular weight is 115 g/mol. The number of hydrogen-bond acceptors (Lipinski definition) is 2. The molecule has 1 aliphatic carbocycles. The molecule has 0 aliphatic heterocycles. The zero-order chi connectivity index (χ0) is 6.04. The van der Waals surface area contributed by atoms with E-state index in [-0.39, 0.29) is 5.54 Å². The third-order valence-corrected chi connectivity index (χ3v) is 1.78. The molecule has 2 N–H and O–H groups in total. The summed E-state index contributed by atoms with van der Waals surface area (Å²) in [6.07, 6.45) is 3.56. The molecule has 2 heteroatoms. The Hall–Kier alpha value is -0.0800. The van der Waals surface area contributed by atoms with Crippen molar-refractivity contribution in [3.63, 3.8) is 0 Å². The maximum absolute atomic E-state index is 5.79. The summed E-state index contributed by atoms with van der Waals surface area (Å²) in [4.78, 5) is 0. The largest absolute Gasteiger partial charge is 0.383 e. The van der Waals surface area contributed by atoms with Crippen LogP contribution in [-0.4, -0.2) is 19.3 Å². The summed E-state index contributed by atoms with van der Waals surface area (Å²) in [7, 11) is 1.70. The summed E-state index contributed by atoms with van der Waals surface area (Å²) in [6.45, 7) is 0.729. The second-order valence-corrected chi connectivity index (χ2v) is 2.65. The first kappa shape index (κ1) is 6.05. The Morgan fingerprint density at radius 3 is 2.38 bits per heavy atom. The molecule has 0 heterocycles. The van der Waals surface area contributed by atoms with Crippen LogP contribution >= 0.6 is 0 Å². The Kier molecular flexibility index (Phi) is 1.54. The maximum atomic E-state index is 5.79. The van der Waals surface area contributed by atoms with Gasteiger partial charge in [-0.05, 0) is 19.3 Å². The maximum Gasteiger partial charge on any atom is 0.0642 e. The SMILES string of the molecule is COCC1(N)CCC1. The lowest BCUT2D eigenvalue weighted by Gasteiger charge is -2.37. The fourth-order valence-electron chi connectivity index (χ4n) is 1.06. The summed E-state index contributed by atoms with van der Waals surface area (Å²) in [5, 5.41) is 0. The first-order chi connectivity index (χ1) is 3.77. The summed E-state index contributed by atoms with van der Waals surface area (Å²) in [6, 6.07) is 0. The van der Waals surface area contributed by atoms with E-state index in [9.17, 15) is 0 Å². The van der Waals surface area contributed by atoms with Crippen molar-refractivity contribution in [2.75, 3.05) is 13.7 Å². The Labute approximate surface area is 50.0 Å². The van der Waals surface area contributed by atoms with Crippen molar-refractivity contribution in [1.82, 2.24) is 0 Å². The summed E-state index contributed by atoms with van der Waals surface area (Å²) in [5.74, 6) is 0. The van der Waals surface area contributed by atoms with Gasteiger partial charge in [-0.25, -0.2) is 0 Å². The van der Waals surface area contributed by atoms with Gasteiger partial charge in [0.2, 0.25) is 0 Å². The normalized spacial score (nSPS) is 24.8. The van der Waals surface area contributed by atoms with Gasteiger partial charge in [0.25, 0.3) is 0 Å². The van der Waals surface area contributed by atoms with Crippen LogP contribution < -0.4 is 5.73 Å². The molecule has 0 unspecified atom stereocenters. The molecule has 1 saturated carbocycles. The van der Waals surface area contributed by atoms with Crippen molar-refractivity contribution < 1.29 is 4.74 Å². The highest BCUT2D eigenvalue weighted by Gasteiger charge is 2.31. The molecule has 1 aliphatic rings. The van der Waals surface area contributed by atoms with Gasteiger partial charge in [-0.2, -0.15) is 0 Å². The van der Waals surface area contributed by atoms with Gasteiger partial charge in [0.05, 0.1) is 6.61 Å². The molecule has 2 nitrogen and oxygen atoms in total. The minimum absolute atomic E-state index is 0.0503. The Balaban J connectivity index is 2.20. The molecule has 0 aromatic carbocycles. The van der Waals surface area contributed by atoms with Gasteiger partial charge in [0.1, 0.15) is 0 Å². The number of nitrogens with two attached hydrogens (primary N) is 1. The van der Waals surface area contributed by atoms with Gasteiger partial charge in [-0.15, -0.1) is 0 Å². The minimum Gasteiger partial charge on any atom is -0.383 e. The zero-order valence-corrected chi connectivity index (χ0v) is 5.31. The summed E-state index contributed by atoms with van der Waals surface area (Å²) < 4.78 is 4.92. The van der Waals surface area contributed by atoms with Crippen molar-refractivity contribution in [2.45, 2.75) is 24.8 Å². The molecule has 0 aromatic heterocycles. The summed E-state index contributed by atoms with van der Waals surface area (Å²) in [5.41, 5.74) is 5.84. The van der Waals surface area contributed by atoms with E-state index in [4.69, 9.17) is 10.5 Å². The van der Waals surface area contributed by atoms with Crippen LogP contribution in [0.2, 0.25) is 0 Å². The van der Waals surface area contributed by atoms with Crippen molar-refractivity contribution in [3.8, 4) is 0 Å². The van der Waals surface area contributed by atoms with Gasteiger partial charge < -0.3 is 10.5 Å². The molecule has 0 radical (unpaired) electrons. The third kappa shape index (κ3) is 1.01. The predicted molar refractivity (Wildman–Crippen MR) is 32.6 cm³/mol. The third-order valence-electron chi connectivity index (χ3n) is 1.78. The van der Waals surface area contributed by atoms with Gasteiger partial charge >= 0.3 is 0 Å². The highest BCUT2D eigenvalue weighted by molar-refractivity contribution is 4.91. The van der Waals surface area contributed by atoms with Crippen molar-refractivity contribution in [3.05, 3.63) is 0 Å². The van der Waals surface area contributed by atoms with Gasteiger partial charge in [-0.3, -0.25) is 0 Å². The van der Waals surface area contributed by atoms with E-state index in [0.29, 0.717) is 0 Å². The Morgan fingerprint density at radius 1 is 1.62 bits per heavy atom. The number of hydrogen-bond donors (Lipinski definition) is 1. The number of ether oxygens (including phenoxy) is 1. The van der Waals surface area contributed by atoms with E-state index in [2.05, 4.69) is 0 Å². The highest BCUT2D eigenvalue weighted by atomic mass is 16.5. The second kappa shape index (κ2) is 2.03. The van der Waals surface area contributed by atoms with Crippen molar-refractivity contribution in [1.29, 1.82) is 0 Å². The van der Waals surface area contributed by atoms with Crippen LogP contribution in [0.15, 0.2) is 0 Å². The van der Waals surface area contributed by atoms with E-state index in [1.54, 1.807) is 7.11 Å². The van der Waals surface area contributed by atoms with Crippen LogP contribution in [0.1, 0.15) is 19.3 Å². The number of methoxy groups -OCH3 is 1. The molecule has 1 fully saturated rings. The second-order valence-electron chi connectivity index (χ2n) is 2.65. The molecular formula is C6H13NO. The monoisotopic (exact) mass is 115 g/mol. The van der Waals surface area contributed by atoms with Crippen LogP contribution in [0.3, 0.4) is 0 Å². The molecule has 8 heavy (non-hydrogen) atoms. The lowest BCUT2D eigenvalue weighted by Crippen LogP contribution is -2.50. The molecule has 48 valence electrons. The van der Waals surface area contributed by atoms with E-state index >= 15 is 0 Å². The first-order valence-electron chi connectivity index (χ1n) is 3.05. The highest BCUT2D eigenvalue weighted by Crippen LogP contribution is 2.28. The molecule has 0 aromatic rings. The molecule has 0 amide bonds. The molecule has 0 saturated heterocycles. The van der Waals surface area contributed by atoms with Gasteiger partial charge in [0, 0.05) is 12.6 Å². The van der Waals surface area contributed by atoms with E-state index in [0.717, 1.165) is 19.4 Å². The van der Waals surface area contributed by atoms with Crippen LogP contribution in [0.5, 0.6) is 0 Å². The van der Waals surface area contributed by atoms with Crippen molar-refractivity contribution in [2.24, 2.45) is 5.73 Å². The molecule has 0 atom stereocenters. The smallest absolute Gasteiger partial charge is 0.0642 e. The van der Waals surface area contributed by atoms with Crippen LogP contribution in [0.4, 0.5) is 0 Å². The fourth-order valence-corrected chi connectivity index (χ4v) is 1.06. The van der Waals surface area contributed by atoms with E-state index in [1.807, 2.05) is 0 Å². The topological polar surface area (TPSA) is 35.2 Å². The first-order valence-corrected chi connectivity index (χ1v) is 3.05. The average Bonchev–Trinajstić information content (AvgIpc) is 1.64. The van der Waals surface area contributed by atoms with Gasteiger partial charge in [0.15, 0.2) is 0 Å². The number of rotatable bonds is 2. The van der Waals surface area contributed by atoms with E-state index in [1.165, 1.54) is 6.42 Å². The molecular weight excluding hydrogens is 102 g/mol. The predicted octanol–water partition coefficient (Wildman–Crippen LogP) is 0.514. The standard InChI is InChI=1S/C6H13NO/c1-8-5-6(7)3-2-4-6/h2-5,7H2,1H3. The lowest BCUT2D eigenvalue weighted by atomic mass is 9.78. The zero-order valence-electron chi connectivity index (χ0n) is 5.31. The molecule has 0 spiro atoms. The van der Waals surface area contributed by atoms with Crippen LogP contribution in [0.25, 0.3) is 0 Å². The molecule has 0 bridgehead atoms. The quantitative estimate of drug-likeness (QED) is 0.569. The Bertz CT molecular complexity index is 78.6. The van der Waals surface area contributed by atoms with Crippen LogP contribution in [0, 0.1) is 0 Å². The van der Waals surface area contributed by atoms with Crippen molar-refractivity contribution >= 4 is 0 Å². The lowest BCUT2D eigenvalue weighted by molar-refractivity contribution is 0.0848. The fraction of sp³-hybridized carbons (Fsp3) is 1.00. The Morgan fingerprint density at radius 2 is 2.25 bits per heavy atom. The molecule has 1 rings (SSSR count).